The van der Waals surface area contributed by atoms with Crippen molar-refractivity contribution in [1.29, 1.82) is 0 Å². The molecule has 3 rings (SSSR count). The molecular weight excluding hydrogens is 446 g/mol. The van der Waals surface area contributed by atoms with Gasteiger partial charge in [-0.1, -0.05) is 24.3 Å². The van der Waals surface area contributed by atoms with Gasteiger partial charge in [-0.05, 0) is 31.5 Å². The minimum atomic E-state index is -0.757. The van der Waals surface area contributed by atoms with E-state index in [-0.39, 0.29) is 28.8 Å². The molecule has 2 amide bonds. The first-order valence-electron chi connectivity index (χ1n) is 10.1. The minimum Gasteiger partial charge on any atom is -0.462 e. The van der Waals surface area contributed by atoms with Crippen LogP contribution in [0.4, 0.5) is 5.00 Å². The van der Waals surface area contributed by atoms with Gasteiger partial charge in [-0.2, -0.15) is 0 Å². The summed E-state index contributed by atoms with van der Waals surface area (Å²) in [5, 5.41) is 3.58. The van der Waals surface area contributed by atoms with E-state index in [1.807, 2.05) is 12.1 Å². The quantitative estimate of drug-likeness (QED) is 0.528. The summed E-state index contributed by atoms with van der Waals surface area (Å²) in [4.78, 5) is 55.6. The zero-order valence-corrected chi connectivity index (χ0v) is 19.4. The normalized spacial score (nSPS) is 10.5. The third-order valence-corrected chi connectivity index (χ3v) is 5.82. The Labute approximate surface area is 194 Å². The molecule has 33 heavy (non-hydrogen) atoms. The second-order valence-corrected chi connectivity index (χ2v) is 8.21. The van der Waals surface area contributed by atoms with E-state index < -0.39 is 24.5 Å². The van der Waals surface area contributed by atoms with Crippen molar-refractivity contribution in [3.63, 3.8) is 0 Å². The standard InChI is InChI=1S/C23H23N3O6S/c1-5-31-23(30)18-13(2)19(21(28)26(3)4)33-20(18)25-17(27)12-32-22(29)16-11-10-14-8-6-7-9-15(14)24-16/h6-11H,5,12H2,1-4H3,(H,25,27). The Hall–Kier alpha value is -3.79. The molecule has 0 atom stereocenters. The van der Waals surface area contributed by atoms with Crippen molar-refractivity contribution < 1.29 is 28.7 Å². The fourth-order valence-corrected chi connectivity index (χ4v) is 4.24. The van der Waals surface area contributed by atoms with Crippen LogP contribution in [-0.4, -0.2) is 60.9 Å². The lowest BCUT2D eigenvalue weighted by Gasteiger charge is -2.09. The molecule has 0 fully saturated rings. The number of carbonyl (C=O) groups excluding carboxylic acids is 4. The number of nitrogens with zero attached hydrogens (tertiary/aromatic N) is 2. The Morgan fingerprint density at radius 3 is 2.45 bits per heavy atom. The number of hydrogen-bond donors (Lipinski definition) is 1. The van der Waals surface area contributed by atoms with Crippen LogP contribution in [0.2, 0.25) is 0 Å². The van der Waals surface area contributed by atoms with Gasteiger partial charge in [-0.25, -0.2) is 14.6 Å². The Kier molecular flexibility index (Phi) is 7.39. The van der Waals surface area contributed by atoms with Crippen molar-refractivity contribution in [3.8, 4) is 0 Å². The smallest absolute Gasteiger partial charge is 0.357 e. The maximum atomic E-state index is 12.5. The number of rotatable bonds is 7. The molecule has 1 aromatic carbocycles. The molecule has 0 unspecified atom stereocenters. The molecular formula is C23H23N3O6S. The van der Waals surface area contributed by atoms with E-state index in [0.717, 1.165) is 16.7 Å². The van der Waals surface area contributed by atoms with E-state index in [4.69, 9.17) is 9.47 Å². The monoisotopic (exact) mass is 469 g/mol. The van der Waals surface area contributed by atoms with Crippen molar-refractivity contribution in [3.05, 3.63) is 58.1 Å². The number of pyridine rings is 1. The third-order valence-electron chi connectivity index (χ3n) is 4.62. The zero-order valence-electron chi connectivity index (χ0n) is 18.6. The van der Waals surface area contributed by atoms with Crippen LogP contribution in [0, 0.1) is 6.92 Å². The van der Waals surface area contributed by atoms with E-state index in [0.29, 0.717) is 16.0 Å². The highest BCUT2D eigenvalue weighted by Crippen LogP contribution is 2.34. The SMILES string of the molecule is CCOC(=O)c1c(NC(=O)COC(=O)c2ccc3ccccc3n2)sc(C(=O)N(C)C)c1C. The van der Waals surface area contributed by atoms with Gasteiger partial charge in [-0.15, -0.1) is 11.3 Å². The summed E-state index contributed by atoms with van der Waals surface area (Å²) in [6, 6.07) is 10.6. The second kappa shape index (κ2) is 10.2. The zero-order chi connectivity index (χ0) is 24.1. The van der Waals surface area contributed by atoms with Gasteiger partial charge in [0, 0.05) is 19.5 Å². The number of para-hydroxylation sites is 1. The van der Waals surface area contributed by atoms with Crippen LogP contribution >= 0.6 is 11.3 Å². The molecule has 9 nitrogen and oxygen atoms in total. The van der Waals surface area contributed by atoms with E-state index in [9.17, 15) is 19.2 Å². The van der Waals surface area contributed by atoms with Gasteiger partial charge in [0.05, 0.1) is 22.6 Å². The van der Waals surface area contributed by atoms with E-state index >= 15 is 0 Å². The number of anilines is 1. The molecule has 10 heteroatoms. The van der Waals surface area contributed by atoms with Gasteiger partial charge in [0.1, 0.15) is 10.7 Å². The fraction of sp³-hybridized carbons (Fsp3) is 0.261. The highest BCUT2D eigenvalue weighted by atomic mass is 32.1. The van der Waals surface area contributed by atoms with E-state index in [1.54, 1.807) is 46.1 Å². The molecule has 0 aliphatic heterocycles. The first-order chi connectivity index (χ1) is 15.7. The molecule has 0 saturated heterocycles. The maximum Gasteiger partial charge on any atom is 0.357 e. The summed E-state index contributed by atoms with van der Waals surface area (Å²) in [5.41, 5.74) is 1.20. The van der Waals surface area contributed by atoms with Crippen molar-refractivity contribution >= 4 is 51.0 Å². The number of hydrogen-bond acceptors (Lipinski definition) is 8. The fourth-order valence-electron chi connectivity index (χ4n) is 3.01. The molecule has 0 bridgehead atoms. The van der Waals surface area contributed by atoms with Crippen LogP contribution < -0.4 is 5.32 Å². The molecule has 0 aliphatic carbocycles. The van der Waals surface area contributed by atoms with Crippen molar-refractivity contribution in [2.45, 2.75) is 13.8 Å². The summed E-state index contributed by atoms with van der Waals surface area (Å²) >= 11 is 0.960. The number of amides is 2. The molecule has 0 saturated carbocycles. The predicted molar refractivity (Wildman–Crippen MR) is 124 cm³/mol. The Morgan fingerprint density at radius 2 is 1.76 bits per heavy atom. The van der Waals surface area contributed by atoms with Crippen LogP contribution in [0.3, 0.4) is 0 Å². The van der Waals surface area contributed by atoms with Gasteiger partial charge in [0.25, 0.3) is 11.8 Å². The number of thiophene rings is 1. The lowest BCUT2D eigenvalue weighted by Crippen LogP contribution is -2.22. The van der Waals surface area contributed by atoms with Gasteiger partial charge in [0.15, 0.2) is 6.61 Å². The third kappa shape index (κ3) is 5.35. The highest BCUT2D eigenvalue weighted by molar-refractivity contribution is 7.18. The number of ether oxygens (including phenoxy) is 2. The topological polar surface area (TPSA) is 115 Å². The second-order valence-electron chi connectivity index (χ2n) is 7.19. The molecule has 0 radical (unpaired) electrons. The van der Waals surface area contributed by atoms with Crippen molar-refractivity contribution in [2.24, 2.45) is 0 Å². The molecule has 0 aliphatic rings. The van der Waals surface area contributed by atoms with Gasteiger partial charge < -0.3 is 19.7 Å². The van der Waals surface area contributed by atoms with Gasteiger partial charge in [0.2, 0.25) is 0 Å². The average Bonchev–Trinajstić information content (AvgIpc) is 3.12. The average molecular weight is 470 g/mol. The lowest BCUT2D eigenvalue weighted by atomic mass is 10.1. The summed E-state index contributed by atoms with van der Waals surface area (Å²) in [7, 11) is 3.17. The van der Waals surface area contributed by atoms with Crippen LogP contribution in [0.25, 0.3) is 10.9 Å². The van der Waals surface area contributed by atoms with Gasteiger partial charge >= 0.3 is 11.9 Å². The first kappa shape index (κ1) is 23.9. The molecule has 0 spiro atoms. The van der Waals surface area contributed by atoms with Crippen LogP contribution in [-0.2, 0) is 14.3 Å². The Balaban J connectivity index is 1.74. The highest BCUT2D eigenvalue weighted by Gasteiger charge is 2.27. The Bertz CT molecular complexity index is 1230. The number of benzene rings is 1. The summed E-state index contributed by atoms with van der Waals surface area (Å²) in [6.45, 7) is 2.81. The lowest BCUT2D eigenvalue weighted by molar-refractivity contribution is -0.119. The molecule has 2 aromatic heterocycles. The van der Waals surface area contributed by atoms with Crippen molar-refractivity contribution in [1.82, 2.24) is 9.88 Å². The predicted octanol–water partition coefficient (Wildman–Crippen LogP) is 3.28. The minimum absolute atomic E-state index is 0.0690. The molecule has 3 aromatic rings. The largest absolute Gasteiger partial charge is 0.462 e. The molecule has 1 N–H and O–H groups in total. The number of aromatic nitrogens is 1. The number of carbonyl (C=O) groups is 4. The first-order valence-corrected chi connectivity index (χ1v) is 10.9. The summed E-state index contributed by atoms with van der Waals surface area (Å²) < 4.78 is 10.2. The summed E-state index contributed by atoms with van der Waals surface area (Å²) in [6.07, 6.45) is 0. The molecule has 172 valence electrons. The van der Waals surface area contributed by atoms with Crippen LogP contribution in [0.15, 0.2) is 36.4 Å². The van der Waals surface area contributed by atoms with Crippen molar-refractivity contribution in [2.75, 3.05) is 32.6 Å². The van der Waals surface area contributed by atoms with Crippen LogP contribution in [0.1, 0.15) is 43.0 Å². The maximum absolute atomic E-state index is 12.5. The summed E-state index contributed by atoms with van der Waals surface area (Å²) in [5.74, 6) is -2.39. The number of nitrogens with one attached hydrogen (secondary N) is 1. The van der Waals surface area contributed by atoms with Gasteiger partial charge in [-0.3, -0.25) is 9.59 Å². The van der Waals surface area contributed by atoms with E-state index in [1.165, 1.54) is 11.0 Å². The molecule has 2 heterocycles. The van der Waals surface area contributed by atoms with E-state index in [2.05, 4.69) is 10.3 Å². The van der Waals surface area contributed by atoms with Crippen LogP contribution in [0.5, 0.6) is 0 Å². The number of esters is 2. The number of fused-ring (bicyclic) bond motifs is 1. The Morgan fingerprint density at radius 1 is 1.03 bits per heavy atom.